The fourth-order valence-electron chi connectivity index (χ4n) is 2.60. The number of nitrogens with zero attached hydrogens (tertiary/aromatic N) is 1. The molecule has 3 rings (SSSR count). The highest BCUT2D eigenvalue weighted by Crippen LogP contribution is 2.24. The van der Waals surface area contributed by atoms with Gasteiger partial charge in [-0.15, -0.1) is 0 Å². The van der Waals surface area contributed by atoms with Crippen molar-refractivity contribution < 1.29 is 18.7 Å². The minimum atomic E-state index is -0.282. The number of carbonyl (C=O) groups excluding carboxylic acids is 1. The molecule has 1 aliphatic heterocycles. The summed E-state index contributed by atoms with van der Waals surface area (Å²) in [7, 11) is 1.62. The average Bonchev–Trinajstić information content (AvgIpc) is 2.58. The van der Waals surface area contributed by atoms with Gasteiger partial charge in [-0.3, -0.25) is 4.79 Å². The van der Waals surface area contributed by atoms with Crippen molar-refractivity contribution in [1.82, 2.24) is 4.90 Å². The molecule has 0 saturated carbocycles. The number of benzene rings is 2. The van der Waals surface area contributed by atoms with Crippen molar-refractivity contribution in [2.24, 2.45) is 0 Å². The molecule has 1 saturated heterocycles. The Balaban J connectivity index is 1.70. The summed E-state index contributed by atoms with van der Waals surface area (Å²) < 4.78 is 23.7. The molecule has 1 heterocycles. The third kappa shape index (κ3) is 3.68. The lowest BCUT2D eigenvalue weighted by atomic mass is 10.1. The van der Waals surface area contributed by atoms with Crippen LogP contribution in [-0.4, -0.2) is 31.1 Å². The second-order valence-corrected chi connectivity index (χ2v) is 5.47. The van der Waals surface area contributed by atoms with Crippen molar-refractivity contribution in [2.45, 2.75) is 12.6 Å². The number of morpholine rings is 1. The Morgan fingerprint density at radius 1 is 1.17 bits per heavy atom. The first-order chi connectivity index (χ1) is 11.2. The molecule has 0 aromatic heterocycles. The molecule has 0 radical (unpaired) electrons. The van der Waals surface area contributed by atoms with Gasteiger partial charge in [-0.25, -0.2) is 4.39 Å². The first-order valence-corrected chi connectivity index (χ1v) is 7.43. The minimum Gasteiger partial charge on any atom is -0.497 e. The number of hydrogen-bond donors (Lipinski definition) is 0. The van der Waals surface area contributed by atoms with Crippen LogP contribution < -0.4 is 4.74 Å². The molecule has 1 aliphatic rings. The molecule has 4 nitrogen and oxygen atoms in total. The van der Waals surface area contributed by atoms with E-state index in [0.29, 0.717) is 13.1 Å². The van der Waals surface area contributed by atoms with Crippen molar-refractivity contribution >= 4 is 5.91 Å². The smallest absolute Gasteiger partial charge is 0.249 e. The van der Waals surface area contributed by atoms with Gasteiger partial charge in [0.2, 0.25) is 5.91 Å². The van der Waals surface area contributed by atoms with Crippen molar-refractivity contribution in [1.29, 1.82) is 0 Å². The summed E-state index contributed by atoms with van der Waals surface area (Å²) in [6.45, 7) is 1.01. The van der Waals surface area contributed by atoms with E-state index in [1.807, 2.05) is 24.3 Å². The Labute approximate surface area is 134 Å². The Bertz CT molecular complexity index is 670. The van der Waals surface area contributed by atoms with Crippen LogP contribution in [0.3, 0.4) is 0 Å². The number of amides is 1. The standard InChI is InChI=1S/C18H18FNO3/c1-22-16-8-2-13(3-9-16)10-20-11-17(23-12-18(20)21)14-4-6-15(19)7-5-14/h2-9,17H,10-12H2,1H3/t17-/m0/s1. The molecule has 1 amide bonds. The maximum atomic E-state index is 13.0. The highest BCUT2D eigenvalue weighted by atomic mass is 19.1. The number of carbonyl (C=O) groups is 1. The van der Waals surface area contributed by atoms with Crippen LogP contribution >= 0.6 is 0 Å². The highest BCUT2D eigenvalue weighted by molar-refractivity contribution is 5.78. The zero-order valence-electron chi connectivity index (χ0n) is 12.9. The van der Waals surface area contributed by atoms with E-state index in [0.717, 1.165) is 16.9 Å². The third-order valence-electron chi connectivity index (χ3n) is 3.92. The fraction of sp³-hybridized carbons (Fsp3) is 0.278. The maximum Gasteiger partial charge on any atom is 0.249 e. The van der Waals surface area contributed by atoms with Gasteiger partial charge in [0, 0.05) is 6.54 Å². The average molecular weight is 315 g/mol. The molecule has 1 atom stereocenters. The summed E-state index contributed by atoms with van der Waals surface area (Å²) in [6.07, 6.45) is -0.230. The van der Waals surface area contributed by atoms with Gasteiger partial charge in [0.1, 0.15) is 24.3 Å². The van der Waals surface area contributed by atoms with Crippen LogP contribution in [0.1, 0.15) is 17.2 Å². The lowest BCUT2D eigenvalue weighted by Crippen LogP contribution is -2.42. The van der Waals surface area contributed by atoms with Gasteiger partial charge in [0.25, 0.3) is 0 Å². The molecule has 2 aromatic rings. The van der Waals surface area contributed by atoms with Crippen LogP contribution in [0.5, 0.6) is 5.75 Å². The SMILES string of the molecule is COc1ccc(CN2C[C@@H](c3ccc(F)cc3)OCC2=O)cc1. The molecule has 0 spiro atoms. The van der Waals surface area contributed by atoms with Gasteiger partial charge in [-0.1, -0.05) is 24.3 Å². The zero-order valence-corrected chi connectivity index (χ0v) is 12.9. The van der Waals surface area contributed by atoms with Crippen LogP contribution in [0.4, 0.5) is 4.39 Å². The van der Waals surface area contributed by atoms with Gasteiger partial charge in [0.15, 0.2) is 0 Å². The molecule has 0 bridgehead atoms. The normalized spacial score (nSPS) is 18.1. The van der Waals surface area contributed by atoms with Crippen LogP contribution in [-0.2, 0) is 16.1 Å². The maximum absolute atomic E-state index is 13.0. The molecule has 2 aromatic carbocycles. The van der Waals surface area contributed by atoms with E-state index in [9.17, 15) is 9.18 Å². The molecule has 0 N–H and O–H groups in total. The minimum absolute atomic E-state index is 0.0399. The largest absolute Gasteiger partial charge is 0.497 e. The first kappa shape index (κ1) is 15.5. The Morgan fingerprint density at radius 2 is 1.87 bits per heavy atom. The molecule has 5 heteroatoms. The van der Waals surface area contributed by atoms with Gasteiger partial charge in [-0.2, -0.15) is 0 Å². The molecular weight excluding hydrogens is 297 g/mol. The predicted octanol–water partition coefficient (Wildman–Crippen LogP) is 2.93. The summed E-state index contributed by atoms with van der Waals surface area (Å²) in [5, 5.41) is 0. The summed E-state index contributed by atoms with van der Waals surface area (Å²) in [4.78, 5) is 13.8. The van der Waals surface area contributed by atoms with Crippen molar-refractivity contribution in [3.63, 3.8) is 0 Å². The first-order valence-electron chi connectivity index (χ1n) is 7.43. The molecule has 0 aliphatic carbocycles. The fourth-order valence-corrected chi connectivity index (χ4v) is 2.60. The van der Waals surface area contributed by atoms with E-state index in [4.69, 9.17) is 9.47 Å². The monoisotopic (exact) mass is 315 g/mol. The quantitative estimate of drug-likeness (QED) is 0.871. The van der Waals surface area contributed by atoms with Gasteiger partial charge in [0.05, 0.1) is 13.7 Å². The summed E-state index contributed by atoms with van der Waals surface area (Å²) in [5.41, 5.74) is 1.90. The second-order valence-electron chi connectivity index (χ2n) is 5.47. The summed E-state index contributed by atoms with van der Waals surface area (Å²) in [5.74, 6) is 0.459. The molecule has 1 fully saturated rings. The van der Waals surface area contributed by atoms with E-state index in [2.05, 4.69) is 0 Å². The van der Waals surface area contributed by atoms with Crippen molar-refractivity contribution in [3.05, 3.63) is 65.5 Å². The Hall–Kier alpha value is -2.40. The van der Waals surface area contributed by atoms with Crippen LogP contribution in [0.2, 0.25) is 0 Å². The van der Waals surface area contributed by atoms with E-state index in [1.165, 1.54) is 12.1 Å². The second kappa shape index (κ2) is 6.79. The highest BCUT2D eigenvalue weighted by Gasteiger charge is 2.27. The van der Waals surface area contributed by atoms with E-state index in [-0.39, 0.29) is 24.4 Å². The van der Waals surface area contributed by atoms with E-state index >= 15 is 0 Å². The van der Waals surface area contributed by atoms with E-state index in [1.54, 1.807) is 24.1 Å². The summed E-state index contributed by atoms with van der Waals surface area (Å²) in [6, 6.07) is 13.8. The third-order valence-corrected chi connectivity index (χ3v) is 3.92. The van der Waals surface area contributed by atoms with Crippen molar-refractivity contribution in [2.75, 3.05) is 20.3 Å². The number of halogens is 1. The predicted molar refractivity (Wildman–Crippen MR) is 83.5 cm³/mol. The molecule has 120 valence electrons. The zero-order chi connectivity index (χ0) is 16.2. The number of ether oxygens (including phenoxy) is 2. The Morgan fingerprint density at radius 3 is 2.52 bits per heavy atom. The van der Waals surface area contributed by atoms with Crippen molar-refractivity contribution in [3.8, 4) is 5.75 Å². The van der Waals surface area contributed by atoms with Gasteiger partial charge < -0.3 is 14.4 Å². The van der Waals surface area contributed by atoms with Crippen LogP contribution in [0, 0.1) is 5.82 Å². The lowest BCUT2D eigenvalue weighted by Gasteiger charge is -2.33. The summed E-state index contributed by atoms with van der Waals surface area (Å²) >= 11 is 0. The lowest BCUT2D eigenvalue weighted by molar-refractivity contribution is -0.150. The number of rotatable bonds is 4. The molecular formula is C18H18FNO3. The van der Waals surface area contributed by atoms with Gasteiger partial charge in [-0.05, 0) is 35.4 Å². The van der Waals surface area contributed by atoms with E-state index < -0.39 is 0 Å². The van der Waals surface area contributed by atoms with Gasteiger partial charge >= 0.3 is 0 Å². The van der Waals surface area contributed by atoms with Crippen LogP contribution in [0.25, 0.3) is 0 Å². The number of hydrogen-bond acceptors (Lipinski definition) is 3. The number of methoxy groups -OCH3 is 1. The molecule has 23 heavy (non-hydrogen) atoms. The molecule has 0 unspecified atom stereocenters. The topological polar surface area (TPSA) is 38.8 Å². The Kier molecular flexibility index (Phi) is 4.57. The van der Waals surface area contributed by atoms with Crippen LogP contribution in [0.15, 0.2) is 48.5 Å².